The molecule has 0 atom stereocenters. The summed E-state index contributed by atoms with van der Waals surface area (Å²) in [4.78, 5) is 29.9. The maximum Gasteiger partial charge on any atom is 0.270 e. The molecule has 1 aromatic heterocycles. The van der Waals surface area contributed by atoms with E-state index in [-0.39, 0.29) is 5.91 Å². The third-order valence-corrected chi connectivity index (χ3v) is 4.05. The highest BCUT2D eigenvalue weighted by Gasteiger charge is 2.23. The van der Waals surface area contributed by atoms with E-state index in [9.17, 15) is 9.59 Å². The Hall–Kier alpha value is -2.27. The Morgan fingerprint density at radius 1 is 1.18 bits per heavy atom. The lowest BCUT2D eigenvalue weighted by Gasteiger charge is -2.36. The number of aromatic nitrogens is 1. The van der Waals surface area contributed by atoms with Gasteiger partial charge in [-0.25, -0.2) is 0 Å². The SMILES string of the molecule is O=Cc1c[nH]c(C(=O)N2CCN(c3cccc(Cl)c3)CC2)c1. The van der Waals surface area contributed by atoms with Gasteiger partial charge in [-0.3, -0.25) is 9.59 Å². The molecule has 5 nitrogen and oxygen atoms in total. The van der Waals surface area contributed by atoms with Crippen molar-refractivity contribution in [3.8, 4) is 0 Å². The number of carbonyl (C=O) groups is 2. The summed E-state index contributed by atoms with van der Waals surface area (Å²) in [6, 6.07) is 9.31. The highest BCUT2D eigenvalue weighted by Crippen LogP contribution is 2.21. The Morgan fingerprint density at radius 3 is 2.59 bits per heavy atom. The number of aldehydes is 1. The zero-order valence-corrected chi connectivity index (χ0v) is 12.7. The molecule has 1 aromatic carbocycles. The van der Waals surface area contributed by atoms with E-state index in [1.807, 2.05) is 24.3 Å². The number of carbonyl (C=O) groups excluding carboxylic acids is 2. The van der Waals surface area contributed by atoms with E-state index in [0.29, 0.717) is 29.4 Å². The first-order valence-corrected chi connectivity index (χ1v) is 7.48. The van der Waals surface area contributed by atoms with Gasteiger partial charge >= 0.3 is 0 Å². The van der Waals surface area contributed by atoms with Gasteiger partial charge in [-0.05, 0) is 24.3 Å². The topological polar surface area (TPSA) is 56.4 Å². The minimum absolute atomic E-state index is 0.0705. The van der Waals surface area contributed by atoms with Gasteiger partial charge in [0.1, 0.15) is 5.69 Å². The number of benzene rings is 1. The molecule has 114 valence electrons. The van der Waals surface area contributed by atoms with Crippen molar-refractivity contribution in [1.29, 1.82) is 0 Å². The zero-order valence-electron chi connectivity index (χ0n) is 12.0. The molecular formula is C16H16ClN3O2. The first kappa shape index (κ1) is 14.7. The van der Waals surface area contributed by atoms with E-state index < -0.39 is 0 Å². The number of amides is 1. The summed E-state index contributed by atoms with van der Waals surface area (Å²) in [5.74, 6) is -0.0705. The molecule has 22 heavy (non-hydrogen) atoms. The van der Waals surface area contributed by atoms with E-state index in [2.05, 4.69) is 9.88 Å². The molecule has 1 aliphatic heterocycles. The third kappa shape index (κ3) is 2.99. The van der Waals surface area contributed by atoms with Crippen molar-refractivity contribution in [2.24, 2.45) is 0 Å². The van der Waals surface area contributed by atoms with Crippen LogP contribution in [0.15, 0.2) is 36.5 Å². The average molecular weight is 318 g/mol. The first-order chi connectivity index (χ1) is 10.7. The van der Waals surface area contributed by atoms with Crippen LogP contribution in [-0.2, 0) is 0 Å². The van der Waals surface area contributed by atoms with Crippen LogP contribution in [0.1, 0.15) is 20.8 Å². The maximum atomic E-state index is 12.4. The molecule has 0 saturated carbocycles. The summed E-state index contributed by atoms with van der Waals surface area (Å²) < 4.78 is 0. The first-order valence-electron chi connectivity index (χ1n) is 7.11. The van der Waals surface area contributed by atoms with Gasteiger partial charge in [-0.1, -0.05) is 17.7 Å². The summed E-state index contributed by atoms with van der Waals surface area (Å²) in [7, 11) is 0. The molecule has 2 heterocycles. The fourth-order valence-corrected chi connectivity index (χ4v) is 2.80. The molecule has 1 saturated heterocycles. The van der Waals surface area contributed by atoms with Crippen molar-refractivity contribution in [3.63, 3.8) is 0 Å². The second-order valence-electron chi connectivity index (χ2n) is 5.22. The maximum absolute atomic E-state index is 12.4. The molecule has 2 aromatic rings. The minimum Gasteiger partial charge on any atom is -0.368 e. The summed E-state index contributed by atoms with van der Waals surface area (Å²) in [5.41, 5.74) is 2.02. The molecule has 0 radical (unpaired) electrons. The van der Waals surface area contributed by atoms with Crippen LogP contribution in [0.2, 0.25) is 5.02 Å². The Balaban J connectivity index is 1.64. The van der Waals surface area contributed by atoms with Crippen LogP contribution in [0.3, 0.4) is 0 Å². The minimum atomic E-state index is -0.0705. The summed E-state index contributed by atoms with van der Waals surface area (Å²) in [5, 5.41) is 0.712. The van der Waals surface area contributed by atoms with Crippen LogP contribution < -0.4 is 4.90 Å². The zero-order chi connectivity index (χ0) is 15.5. The number of hydrogen-bond donors (Lipinski definition) is 1. The molecular weight excluding hydrogens is 302 g/mol. The summed E-state index contributed by atoms with van der Waals surface area (Å²) >= 11 is 6.02. The molecule has 1 fully saturated rings. The molecule has 1 amide bonds. The van der Waals surface area contributed by atoms with Gasteiger partial charge in [0.2, 0.25) is 0 Å². The number of piperazine rings is 1. The number of halogens is 1. The Kier molecular flexibility index (Phi) is 4.15. The summed E-state index contributed by atoms with van der Waals surface area (Å²) in [6.07, 6.45) is 2.27. The van der Waals surface area contributed by atoms with Crippen LogP contribution in [0.25, 0.3) is 0 Å². The highest BCUT2D eigenvalue weighted by atomic mass is 35.5. The number of aromatic amines is 1. The Bertz CT molecular complexity index is 690. The van der Waals surface area contributed by atoms with E-state index in [4.69, 9.17) is 11.6 Å². The number of hydrogen-bond acceptors (Lipinski definition) is 3. The van der Waals surface area contributed by atoms with Gasteiger partial charge in [0.25, 0.3) is 5.91 Å². The quantitative estimate of drug-likeness (QED) is 0.885. The molecule has 3 rings (SSSR count). The normalized spacial score (nSPS) is 15.0. The van der Waals surface area contributed by atoms with Crippen LogP contribution in [0.4, 0.5) is 5.69 Å². The smallest absolute Gasteiger partial charge is 0.270 e. The second-order valence-corrected chi connectivity index (χ2v) is 5.66. The van der Waals surface area contributed by atoms with E-state index in [1.165, 1.54) is 0 Å². The lowest BCUT2D eigenvalue weighted by Crippen LogP contribution is -2.48. The third-order valence-electron chi connectivity index (χ3n) is 3.81. The van der Waals surface area contributed by atoms with Gasteiger partial charge in [-0.2, -0.15) is 0 Å². The number of anilines is 1. The van der Waals surface area contributed by atoms with Crippen LogP contribution >= 0.6 is 11.6 Å². The molecule has 6 heteroatoms. The van der Waals surface area contributed by atoms with Gasteiger partial charge in [0, 0.05) is 48.6 Å². The van der Waals surface area contributed by atoms with E-state index in [0.717, 1.165) is 25.1 Å². The van der Waals surface area contributed by atoms with Crippen LogP contribution in [-0.4, -0.2) is 48.3 Å². The van der Waals surface area contributed by atoms with Gasteiger partial charge in [-0.15, -0.1) is 0 Å². The summed E-state index contributed by atoms with van der Waals surface area (Å²) in [6.45, 7) is 2.79. The van der Waals surface area contributed by atoms with E-state index in [1.54, 1.807) is 17.2 Å². The van der Waals surface area contributed by atoms with Crippen LogP contribution in [0, 0.1) is 0 Å². The Labute approximate surface area is 133 Å². The van der Waals surface area contributed by atoms with Gasteiger partial charge in [0.05, 0.1) is 0 Å². The standard InChI is InChI=1S/C16H16ClN3O2/c17-13-2-1-3-14(9-13)19-4-6-20(7-5-19)16(22)15-8-12(11-21)10-18-15/h1-3,8-11,18H,4-7H2. The van der Waals surface area contributed by atoms with Crippen molar-refractivity contribution in [3.05, 3.63) is 52.8 Å². The largest absolute Gasteiger partial charge is 0.368 e. The number of nitrogens with one attached hydrogen (secondary N) is 1. The predicted octanol–water partition coefficient (Wildman–Crippen LogP) is 2.44. The van der Waals surface area contributed by atoms with Crippen molar-refractivity contribution in [2.75, 3.05) is 31.1 Å². The molecule has 0 unspecified atom stereocenters. The number of nitrogens with zero attached hydrogens (tertiary/aromatic N) is 2. The molecule has 1 aliphatic rings. The van der Waals surface area contributed by atoms with Gasteiger partial charge < -0.3 is 14.8 Å². The van der Waals surface area contributed by atoms with Gasteiger partial charge in [0.15, 0.2) is 6.29 Å². The average Bonchev–Trinajstić information content (AvgIpc) is 3.03. The fraction of sp³-hybridized carbons (Fsp3) is 0.250. The lowest BCUT2D eigenvalue weighted by atomic mass is 10.2. The predicted molar refractivity (Wildman–Crippen MR) is 85.7 cm³/mol. The van der Waals surface area contributed by atoms with E-state index >= 15 is 0 Å². The second kappa shape index (κ2) is 6.23. The monoisotopic (exact) mass is 317 g/mol. The number of H-pyrrole nitrogens is 1. The molecule has 0 aliphatic carbocycles. The van der Waals surface area contributed by atoms with Crippen molar-refractivity contribution in [2.45, 2.75) is 0 Å². The lowest BCUT2D eigenvalue weighted by molar-refractivity contribution is 0.0741. The van der Waals surface area contributed by atoms with Crippen LogP contribution in [0.5, 0.6) is 0 Å². The molecule has 0 bridgehead atoms. The molecule has 0 spiro atoms. The number of rotatable bonds is 3. The highest BCUT2D eigenvalue weighted by molar-refractivity contribution is 6.30. The Morgan fingerprint density at radius 2 is 1.95 bits per heavy atom. The van der Waals surface area contributed by atoms with Crippen molar-refractivity contribution in [1.82, 2.24) is 9.88 Å². The van der Waals surface area contributed by atoms with Crippen molar-refractivity contribution < 1.29 is 9.59 Å². The molecule has 1 N–H and O–H groups in total. The van der Waals surface area contributed by atoms with Crippen molar-refractivity contribution >= 4 is 29.5 Å². The fourth-order valence-electron chi connectivity index (χ4n) is 2.61.